The molecule has 30 heavy (non-hydrogen) atoms. The minimum atomic E-state index is -1.17. The molecule has 3 rings (SSSR count). The molecule has 2 amide bonds. The van der Waals surface area contributed by atoms with E-state index in [4.69, 9.17) is 9.84 Å². The highest BCUT2D eigenvalue weighted by Crippen LogP contribution is 2.32. The summed E-state index contributed by atoms with van der Waals surface area (Å²) in [6.07, 6.45) is -0.786. The first-order chi connectivity index (χ1) is 14.3. The number of carbonyl (C=O) groups is 3. The van der Waals surface area contributed by atoms with Crippen LogP contribution in [0.5, 0.6) is 0 Å². The molecule has 1 aromatic carbocycles. The Morgan fingerprint density at radius 2 is 1.90 bits per heavy atom. The Morgan fingerprint density at radius 1 is 1.20 bits per heavy atom. The Morgan fingerprint density at radius 3 is 2.60 bits per heavy atom. The number of nitrogens with one attached hydrogen (secondary N) is 1. The van der Waals surface area contributed by atoms with E-state index in [1.165, 1.54) is 24.1 Å². The quantitative estimate of drug-likeness (QED) is 0.694. The molecule has 0 aromatic heterocycles. The van der Waals surface area contributed by atoms with Gasteiger partial charge in [-0.2, -0.15) is 0 Å². The topological polar surface area (TPSA) is 102 Å². The third-order valence-corrected chi connectivity index (χ3v) is 5.08. The summed E-state index contributed by atoms with van der Waals surface area (Å²) in [6.45, 7) is 1.83. The maximum absolute atomic E-state index is 14.9. The fourth-order valence-corrected chi connectivity index (χ4v) is 3.49. The molecule has 2 heterocycles. The molecule has 11 heteroatoms. The van der Waals surface area contributed by atoms with Crippen LogP contribution in [-0.2, 0) is 14.3 Å². The maximum atomic E-state index is 14.9. The molecule has 0 saturated carbocycles. The number of amides is 2. The summed E-state index contributed by atoms with van der Waals surface area (Å²) in [6, 6.07) is 2.70. The SMILES string of the molecule is CC(=O)CC[C@H]1CN(c2ccc(N3CCNN(C(=O)CO)CC3)c(F)c2F)C(=O)O1. The number of hydrogen-bond donors (Lipinski definition) is 2. The molecule has 2 aliphatic rings. The molecule has 0 radical (unpaired) electrons. The Bertz CT molecular complexity index is 837. The van der Waals surface area contributed by atoms with Crippen LogP contribution in [0.2, 0.25) is 0 Å². The third kappa shape index (κ3) is 4.68. The number of aliphatic hydroxyl groups excluding tert-OH is 1. The zero-order valence-electron chi connectivity index (χ0n) is 16.6. The Labute approximate surface area is 172 Å². The molecule has 164 valence electrons. The fraction of sp³-hybridized carbons (Fsp3) is 0.526. The van der Waals surface area contributed by atoms with Gasteiger partial charge in [0.05, 0.1) is 24.5 Å². The van der Waals surface area contributed by atoms with Crippen LogP contribution in [-0.4, -0.2) is 73.3 Å². The lowest BCUT2D eigenvalue weighted by Crippen LogP contribution is -2.45. The fourth-order valence-electron chi connectivity index (χ4n) is 3.49. The van der Waals surface area contributed by atoms with Crippen molar-refractivity contribution in [2.45, 2.75) is 25.9 Å². The van der Waals surface area contributed by atoms with E-state index in [2.05, 4.69) is 5.43 Å². The van der Waals surface area contributed by atoms with Crippen molar-refractivity contribution < 1.29 is 33.0 Å². The van der Waals surface area contributed by atoms with Gasteiger partial charge in [0.2, 0.25) is 0 Å². The number of hydrazine groups is 1. The second-order valence-corrected chi connectivity index (χ2v) is 7.19. The van der Waals surface area contributed by atoms with Crippen LogP contribution in [0.25, 0.3) is 0 Å². The lowest BCUT2D eigenvalue weighted by molar-refractivity contribution is -0.137. The van der Waals surface area contributed by atoms with Crippen molar-refractivity contribution in [3.8, 4) is 0 Å². The van der Waals surface area contributed by atoms with E-state index in [-0.39, 0.29) is 43.2 Å². The van der Waals surface area contributed by atoms with Crippen molar-refractivity contribution in [2.75, 3.05) is 49.1 Å². The lowest BCUT2D eigenvalue weighted by atomic mass is 10.1. The van der Waals surface area contributed by atoms with Gasteiger partial charge in [-0.05, 0) is 25.5 Å². The molecule has 0 aliphatic carbocycles. The number of benzene rings is 1. The normalized spacial score (nSPS) is 19.7. The summed E-state index contributed by atoms with van der Waals surface area (Å²) in [5.74, 6) is -2.82. The largest absolute Gasteiger partial charge is 0.444 e. The number of cyclic esters (lactones) is 1. The average molecular weight is 426 g/mol. The number of carbonyl (C=O) groups excluding carboxylic acids is 3. The minimum absolute atomic E-state index is 0.0111. The smallest absolute Gasteiger partial charge is 0.414 e. The highest BCUT2D eigenvalue weighted by atomic mass is 19.2. The van der Waals surface area contributed by atoms with Crippen molar-refractivity contribution in [1.82, 2.24) is 10.4 Å². The first-order valence-corrected chi connectivity index (χ1v) is 9.67. The molecule has 2 saturated heterocycles. The van der Waals surface area contributed by atoms with Gasteiger partial charge in [-0.1, -0.05) is 0 Å². The first-order valence-electron chi connectivity index (χ1n) is 9.67. The van der Waals surface area contributed by atoms with Crippen LogP contribution in [0, 0.1) is 11.6 Å². The molecule has 9 nitrogen and oxygen atoms in total. The summed E-state index contributed by atoms with van der Waals surface area (Å²) in [4.78, 5) is 37.4. The number of Topliss-reactive ketones (excluding diaryl/α,β-unsaturated/α-hetero) is 1. The number of anilines is 2. The lowest BCUT2D eigenvalue weighted by Gasteiger charge is -2.24. The molecule has 2 fully saturated rings. The molecule has 2 N–H and O–H groups in total. The summed E-state index contributed by atoms with van der Waals surface area (Å²) < 4.78 is 34.8. The number of ether oxygens (including phenoxy) is 1. The second-order valence-electron chi connectivity index (χ2n) is 7.19. The van der Waals surface area contributed by atoms with Crippen LogP contribution < -0.4 is 15.2 Å². The molecular weight excluding hydrogens is 402 g/mol. The van der Waals surface area contributed by atoms with Gasteiger partial charge in [0, 0.05) is 26.1 Å². The van der Waals surface area contributed by atoms with E-state index in [0.717, 1.165) is 4.90 Å². The van der Waals surface area contributed by atoms with Crippen molar-refractivity contribution in [2.24, 2.45) is 0 Å². The average Bonchev–Trinajstić information content (AvgIpc) is 2.92. The van der Waals surface area contributed by atoms with E-state index in [9.17, 15) is 23.2 Å². The summed E-state index contributed by atoms with van der Waals surface area (Å²) >= 11 is 0. The van der Waals surface area contributed by atoms with Gasteiger partial charge in [0.15, 0.2) is 11.6 Å². The van der Waals surface area contributed by atoms with Crippen molar-refractivity contribution >= 4 is 29.2 Å². The van der Waals surface area contributed by atoms with E-state index in [1.54, 1.807) is 4.90 Å². The Balaban J connectivity index is 1.74. The van der Waals surface area contributed by atoms with Crippen molar-refractivity contribution in [3.05, 3.63) is 23.8 Å². The standard InChI is InChI=1S/C19H24F2N4O5/c1-12(27)2-3-13-10-24(19(29)30-13)15-5-4-14(17(20)18(15)21)23-7-6-22-25(9-8-23)16(28)11-26/h4-5,13,22,26H,2-3,6-11H2,1H3/t13-/m0/s1. The van der Waals surface area contributed by atoms with Crippen molar-refractivity contribution in [1.29, 1.82) is 0 Å². The van der Waals surface area contributed by atoms with Gasteiger partial charge in [-0.15, -0.1) is 0 Å². The monoisotopic (exact) mass is 426 g/mol. The highest BCUT2D eigenvalue weighted by molar-refractivity contribution is 5.90. The predicted octanol–water partition coefficient (Wildman–Crippen LogP) is 0.805. The maximum Gasteiger partial charge on any atom is 0.414 e. The van der Waals surface area contributed by atoms with Gasteiger partial charge in [-0.25, -0.2) is 19.0 Å². The third-order valence-electron chi connectivity index (χ3n) is 5.08. The van der Waals surface area contributed by atoms with E-state index >= 15 is 0 Å². The van der Waals surface area contributed by atoms with E-state index < -0.39 is 36.3 Å². The van der Waals surface area contributed by atoms with Crippen molar-refractivity contribution in [3.63, 3.8) is 0 Å². The van der Waals surface area contributed by atoms with Crippen LogP contribution in [0.15, 0.2) is 12.1 Å². The number of nitrogens with zero attached hydrogens (tertiary/aromatic N) is 3. The van der Waals surface area contributed by atoms with Gasteiger partial charge >= 0.3 is 6.09 Å². The summed E-state index contributed by atoms with van der Waals surface area (Å²) in [7, 11) is 0. The summed E-state index contributed by atoms with van der Waals surface area (Å²) in [5.41, 5.74) is 2.61. The minimum Gasteiger partial charge on any atom is -0.444 e. The van der Waals surface area contributed by atoms with Gasteiger partial charge < -0.3 is 19.5 Å². The Kier molecular flexibility index (Phi) is 6.83. The molecule has 0 spiro atoms. The number of halogens is 2. The molecule has 1 atom stereocenters. The Hall–Kier alpha value is -2.79. The second kappa shape index (κ2) is 9.35. The van der Waals surface area contributed by atoms with Crippen LogP contribution in [0.4, 0.5) is 25.0 Å². The van der Waals surface area contributed by atoms with Crippen LogP contribution in [0.1, 0.15) is 19.8 Å². The zero-order chi connectivity index (χ0) is 21.8. The zero-order valence-corrected chi connectivity index (χ0v) is 16.6. The van der Waals surface area contributed by atoms with Gasteiger partial charge in [0.1, 0.15) is 18.5 Å². The summed E-state index contributed by atoms with van der Waals surface area (Å²) in [5, 5.41) is 10.2. The van der Waals surface area contributed by atoms with Crippen LogP contribution >= 0.6 is 0 Å². The molecule has 1 aromatic rings. The molecule has 0 unspecified atom stereocenters. The van der Waals surface area contributed by atoms with E-state index in [0.29, 0.717) is 19.5 Å². The number of aliphatic hydroxyl groups is 1. The highest BCUT2D eigenvalue weighted by Gasteiger charge is 2.35. The molecule has 2 aliphatic heterocycles. The number of rotatable bonds is 6. The number of ketones is 1. The molecule has 0 bridgehead atoms. The predicted molar refractivity (Wildman–Crippen MR) is 103 cm³/mol. The number of hydrogen-bond acceptors (Lipinski definition) is 7. The van der Waals surface area contributed by atoms with E-state index in [1.807, 2.05) is 0 Å². The molecular formula is C19H24F2N4O5. The first kappa shape index (κ1) is 21.9. The van der Waals surface area contributed by atoms with Crippen LogP contribution in [0.3, 0.4) is 0 Å². The van der Waals surface area contributed by atoms with Gasteiger partial charge in [0.25, 0.3) is 5.91 Å². The van der Waals surface area contributed by atoms with Gasteiger partial charge in [-0.3, -0.25) is 14.7 Å².